The van der Waals surface area contributed by atoms with Gasteiger partial charge in [0.1, 0.15) is 6.10 Å². The predicted octanol–water partition coefficient (Wildman–Crippen LogP) is 7.13. The standard InChI is InChI=1S/C27H40F3NO4/c1-8-21-16(4)15(3)19(7)24(32-21)34-23-18(6)17(5)22(9-2)33-25(23)35-26(27(28,29)30)31-20-13-11-10-12-14-20/h10-19,21-25H,8-9H2,1-7H3/t15-,16-,17?,18-,19?,21?,22-,23?,24+,25?/m0/s1. The minimum Gasteiger partial charge on any atom is -0.441 e. The molecule has 8 heteroatoms. The first kappa shape index (κ1) is 27.9. The Morgan fingerprint density at radius 3 is 1.89 bits per heavy atom. The first-order valence-electron chi connectivity index (χ1n) is 12.8. The Kier molecular flexibility index (Phi) is 9.27. The van der Waals surface area contributed by atoms with Gasteiger partial charge in [-0.1, -0.05) is 66.7 Å². The first-order valence-corrected chi connectivity index (χ1v) is 12.8. The highest BCUT2D eigenvalue weighted by Crippen LogP contribution is 2.41. The highest BCUT2D eigenvalue weighted by Gasteiger charge is 2.50. The van der Waals surface area contributed by atoms with Gasteiger partial charge in [0.15, 0.2) is 6.29 Å². The minimum atomic E-state index is -4.79. The van der Waals surface area contributed by atoms with E-state index in [1.165, 1.54) is 12.1 Å². The van der Waals surface area contributed by atoms with Gasteiger partial charge in [0.2, 0.25) is 6.29 Å². The lowest BCUT2D eigenvalue weighted by atomic mass is 9.78. The summed E-state index contributed by atoms with van der Waals surface area (Å²) >= 11 is 0. The molecule has 198 valence electrons. The fraction of sp³-hybridized carbons (Fsp3) is 0.741. The fourth-order valence-corrected chi connectivity index (χ4v) is 5.16. The lowest BCUT2D eigenvalue weighted by Crippen LogP contribution is -2.56. The quantitative estimate of drug-likeness (QED) is 0.309. The van der Waals surface area contributed by atoms with E-state index in [4.69, 9.17) is 18.9 Å². The molecular formula is C27H40F3NO4. The summed E-state index contributed by atoms with van der Waals surface area (Å²) in [4.78, 5) is 3.77. The zero-order chi connectivity index (χ0) is 25.9. The number of nitrogens with zero attached hydrogens (tertiary/aromatic N) is 1. The molecule has 0 spiro atoms. The molecule has 3 rings (SSSR count). The minimum absolute atomic E-state index is 0.0246. The molecule has 2 saturated heterocycles. The third-order valence-electron chi connectivity index (χ3n) is 8.05. The normalized spacial score (nSPS) is 38.9. The van der Waals surface area contributed by atoms with Crippen molar-refractivity contribution < 1.29 is 32.1 Å². The van der Waals surface area contributed by atoms with Crippen LogP contribution in [-0.2, 0) is 18.9 Å². The number of hydrogen-bond donors (Lipinski definition) is 0. The van der Waals surface area contributed by atoms with Gasteiger partial charge >= 0.3 is 6.18 Å². The molecule has 2 aliphatic rings. The predicted molar refractivity (Wildman–Crippen MR) is 129 cm³/mol. The zero-order valence-electron chi connectivity index (χ0n) is 21.8. The highest BCUT2D eigenvalue weighted by molar-refractivity contribution is 5.84. The molecule has 0 amide bonds. The van der Waals surface area contributed by atoms with Gasteiger partial charge in [-0.3, -0.25) is 0 Å². The van der Waals surface area contributed by atoms with E-state index >= 15 is 0 Å². The van der Waals surface area contributed by atoms with Crippen molar-refractivity contribution in [2.24, 2.45) is 34.6 Å². The summed E-state index contributed by atoms with van der Waals surface area (Å²) in [5.41, 5.74) is 0.152. The molecular weight excluding hydrogens is 459 g/mol. The van der Waals surface area contributed by atoms with Gasteiger partial charge in [-0.15, -0.1) is 0 Å². The fourth-order valence-electron chi connectivity index (χ4n) is 5.16. The van der Waals surface area contributed by atoms with Crippen LogP contribution < -0.4 is 0 Å². The van der Waals surface area contributed by atoms with Crippen LogP contribution in [0.4, 0.5) is 18.9 Å². The van der Waals surface area contributed by atoms with Crippen molar-refractivity contribution in [1.82, 2.24) is 0 Å². The van der Waals surface area contributed by atoms with Gasteiger partial charge in [0, 0.05) is 5.92 Å². The largest absolute Gasteiger partial charge is 0.468 e. The Balaban J connectivity index is 1.91. The highest BCUT2D eigenvalue weighted by atomic mass is 19.4. The van der Waals surface area contributed by atoms with Crippen LogP contribution in [0.3, 0.4) is 0 Å². The molecule has 0 bridgehead atoms. The van der Waals surface area contributed by atoms with Gasteiger partial charge < -0.3 is 18.9 Å². The molecule has 2 fully saturated rings. The molecule has 0 aromatic heterocycles. The smallest absolute Gasteiger partial charge is 0.441 e. The Bertz CT molecular complexity index is 831. The van der Waals surface area contributed by atoms with Crippen LogP contribution in [0.25, 0.3) is 0 Å². The summed E-state index contributed by atoms with van der Waals surface area (Å²) in [5.74, 6) is -0.619. The van der Waals surface area contributed by atoms with E-state index in [9.17, 15) is 13.2 Å². The van der Waals surface area contributed by atoms with E-state index in [0.29, 0.717) is 18.3 Å². The summed E-state index contributed by atoms with van der Waals surface area (Å²) in [6, 6.07) is 7.96. The van der Waals surface area contributed by atoms with Gasteiger partial charge in [0.25, 0.3) is 5.90 Å². The molecule has 0 saturated carbocycles. The topological polar surface area (TPSA) is 49.3 Å². The first-order chi connectivity index (χ1) is 16.5. The van der Waals surface area contributed by atoms with E-state index in [1.54, 1.807) is 18.2 Å². The molecule has 10 atom stereocenters. The van der Waals surface area contributed by atoms with Crippen LogP contribution >= 0.6 is 0 Å². The third-order valence-corrected chi connectivity index (χ3v) is 8.05. The van der Waals surface area contributed by atoms with Crippen molar-refractivity contribution >= 4 is 11.6 Å². The molecule has 1 aromatic rings. The molecule has 2 aliphatic heterocycles. The number of ether oxygens (including phenoxy) is 4. The number of benzene rings is 1. The lowest BCUT2D eigenvalue weighted by molar-refractivity contribution is -0.327. The van der Waals surface area contributed by atoms with Gasteiger partial charge in [-0.05, 0) is 48.6 Å². The number of hydrogen-bond acceptors (Lipinski definition) is 5. The molecule has 5 unspecified atom stereocenters. The molecule has 2 heterocycles. The molecule has 5 nitrogen and oxygen atoms in total. The lowest BCUT2D eigenvalue weighted by Gasteiger charge is -2.48. The van der Waals surface area contributed by atoms with Crippen LogP contribution in [0.1, 0.15) is 61.3 Å². The van der Waals surface area contributed by atoms with E-state index in [1.807, 2.05) is 20.8 Å². The van der Waals surface area contributed by atoms with Gasteiger partial charge in [0.05, 0.1) is 17.9 Å². The molecule has 1 aromatic carbocycles. The maximum Gasteiger partial charge on any atom is 0.468 e. The average molecular weight is 500 g/mol. The summed E-state index contributed by atoms with van der Waals surface area (Å²) < 4.78 is 66.3. The van der Waals surface area contributed by atoms with Crippen LogP contribution in [0.5, 0.6) is 0 Å². The van der Waals surface area contributed by atoms with Gasteiger partial charge in [-0.2, -0.15) is 13.2 Å². The average Bonchev–Trinajstić information content (AvgIpc) is 2.83. The number of alkyl halides is 3. The van der Waals surface area contributed by atoms with E-state index in [-0.39, 0.29) is 35.6 Å². The number of halogens is 3. The van der Waals surface area contributed by atoms with Gasteiger partial charge in [-0.25, -0.2) is 4.99 Å². The monoisotopic (exact) mass is 499 g/mol. The second kappa shape index (κ2) is 11.6. The Morgan fingerprint density at radius 1 is 0.800 bits per heavy atom. The Labute approximate surface area is 207 Å². The molecule has 0 N–H and O–H groups in total. The van der Waals surface area contributed by atoms with Crippen molar-refractivity contribution in [3.8, 4) is 0 Å². The second-order valence-electron chi connectivity index (χ2n) is 10.2. The third kappa shape index (κ3) is 6.38. The molecule has 0 radical (unpaired) electrons. The van der Waals surface area contributed by atoms with E-state index in [0.717, 1.165) is 6.42 Å². The van der Waals surface area contributed by atoms with Crippen LogP contribution in [-0.4, -0.2) is 43.0 Å². The zero-order valence-corrected chi connectivity index (χ0v) is 21.8. The van der Waals surface area contributed by atoms with Crippen LogP contribution in [0.2, 0.25) is 0 Å². The van der Waals surface area contributed by atoms with Crippen molar-refractivity contribution in [2.75, 3.05) is 0 Å². The summed E-state index contributed by atoms with van der Waals surface area (Å²) in [5, 5.41) is 0. The maximum absolute atomic E-state index is 14.0. The SMILES string of the molecule is CCC1O[C@H](OC2C(OC(=Nc3ccccc3)C(F)(F)F)O[C@@H](CC)C(C)[C@@H]2C)C(C)[C@@H](C)[C@@H]1C. The second-order valence-corrected chi connectivity index (χ2v) is 10.2. The summed E-state index contributed by atoms with van der Waals surface area (Å²) in [6.45, 7) is 14.5. The molecule has 35 heavy (non-hydrogen) atoms. The van der Waals surface area contributed by atoms with Crippen molar-refractivity contribution in [3.05, 3.63) is 30.3 Å². The molecule has 0 aliphatic carbocycles. The van der Waals surface area contributed by atoms with Crippen LogP contribution in [0, 0.1) is 29.6 Å². The van der Waals surface area contributed by atoms with Crippen molar-refractivity contribution in [3.63, 3.8) is 0 Å². The van der Waals surface area contributed by atoms with Crippen molar-refractivity contribution in [2.45, 2.75) is 98.4 Å². The summed E-state index contributed by atoms with van der Waals surface area (Å²) in [6.07, 6.45) is -6.10. The van der Waals surface area contributed by atoms with E-state index < -0.39 is 30.8 Å². The number of rotatable bonds is 6. The Morgan fingerprint density at radius 2 is 1.34 bits per heavy atom. The summed E-state index contributed by atoms with van der Waals surface area (Å²) in [7, 11) is 0. The van der Waals surface area contributed by atoms with Crippen LogP contribution in [0.15, 0.2) is 35.3 Å². The number of para-hydroxylation sites is 1. The van der Waals surface area contributed by atoms with E-state index in [2.05, 4.69) is 32.7 Å². The Hall–Kier alpha value is -1.64. The van der Waals surface area contributed by atoms with Crippen molar-refractivity contribution in [1.29, 1.82) is 0 Å². The maximum atomic E-state index is 14.0. The number of aliphatic imine (C=N–C) groups is 1.